The van der Waals surface area contributed by atoms with Gasteiger partial charge in [0, 0.05) is 0 Å². The molecular formula is C17H35O4PSe. The number of rotatable bonds is 10. The molecule has 0 aromatic heterocycles. The molecule has 0 heterocycles. The first-order valence-electron chi connectivity index (χ1n) is 8.42. The first-order valence-corrected chi connectivity index (χ1v) is 13.2. The number of carbonyl (C=O) groups excluding carboxylic acids is 1. The summed E-state index contributed by atoms with van der Waals surface area (Å²) in [5.74, 6) is 0.189. The van der Waals surface area contributed by atoms with Gasteiger partial charge < -0.3 is 0 Å². The van der Waals surface area contributed by atoms with E-state index in [0.717, 1.165) is 6.42 Å². The molecule has 1 unspecified atom stereocenters. The normalized spacial score (nSPS) is 14.8. The van der Waals surface area contributed by atoms with Crippen molar-refractivity contribution < 1.29 is 18.4 Å². The van der Waals surface area contributed by atoms with Crippen LogP contribution in [-0.4, -0.2) is 33.5 Å². The van der Waals surface area contributed by atoms with E-state index in [-0.39, 0.29) is 21.4 Å². The summed E-state index contributed by atoms with van der Waals surface area (Å²) >= 11 is -0.482. The number of Topliss-reactive ketones (excluding diaryl/α,β-unsaturated/α-hetero) is 1. The summed E-state index contributed by atoms with van der Waals surface area (Å²) in [7, 11) is 0. The predicted octanol–water partition coefficient (Wildman–Crippen LogP) is 5.49. The minimum atomic E-state index is -3.22. The predicted molar refractivity (Wildman–Crippen MR) is 98.1 cm³/mol. The van der Waals surface area contributed by atoms with Gasteiger partial charge in [0.05, 0.1) is 0 Å². The molecule has 0 saturated heterocycles. The van der Waals surface area contributed by atoms with Crippen LogP contribution < -0.4 is 0 Å². The standard InChI is InChI=1S/C17H35O4PSe/c1-9-11-14(18)15(10-2)23-22(19,20-12-16(3,4)5)21-13-17(6,7)8/h15H,9-13H2,1-8H3. The van der Waals surface area contributed by atoms with Gasteiger partial charge in [0.1, 0.15) is 0 Å². The van der Waals surface area contributed by atoms with Crippen LogP contribution >= 0.6 is 6.29 Å². The molecule has 23 heavy (non-hydrogen) atoms. The second-order valence-electron chi connectivity index (χ2n) is 8.33. The fraction of sp³-hybridized carbons (Fsp3) is 0.941. The molecule has 138 valence electrons. The van der Waals surface area contributed by atoms with E-state index in [1.54, 1.807) is 0 Å². The van der Waals surface area contributed by atoms with Gasteiger partial charge in [0.2, 0.25) is 0 Å². The quantitative estimate of drug-likeness (QED) is 0.351. The van der Waals surface area contributed by atoms with E-state index in [2.05, 4.69) is 0 Å². The molecule has 0 bridgehead atoms. The molecule has 1 atom stereocenters. The van der Waals surface area contributed by atoms with Crippen molar-refractivity contribution in [3.05, 3.63) is 0 Å². The number of hydrogen-bond donors (Lipinski definition) is 0. The van der Waals surface area contributed by atoms with Crippen molar-refractivity contribution in [2.75, 3.05) is 13.2 Å². The van der Waals surface area contributed by atoms with Crippen LogP contribution in [-0.2, 0) is 18.4 Å². The van der Waals surface area contributed by atoms with E-state index in [1.165, 1.54) is 0 Å². The summed E-state index contributed by atoms with van der Waals surface area (Å²) < 4.78 is 24.7. The maximum absolute atomic E-state index is 13.2. The van der Waals surface area contributed by atoms with Crippen LogP contribution in [0.15, 0.2) is 0 Å². The van der Waals surface area contributed by atoms with Gasteiger partial charge in [0.25, 0.3) is 0 Å². The summed E-state index contributed by atoms with van der Waals surface area (Å²) in [5.41, 5.74) is -0.183. The van der Waals surface area contributed by atoms with Crippen molar-refractivity contribution in [3.8, 4) is 0 Å². The molecule has 0 rings (SSSR count). The fourth-order valence-electron chi connectivity index (χ4n) is 1.57. The molecule has 0 amide bonds. The van der Waals surface area contributed by atoms with Crippen LogP contribution in [0, 0.1) is 10.8 Å². The van der Waals surface area contributed by atoms with Crippen molar-refractivity contribution in [1.29, 1.82) is 0 Å². The second kappa shape index (κ2) is 9.73. The van der Waals surface area contributed by atoms with Crippen LogP contribution in [0.25, 0.3) is 0 Å². The average Bonchev–Trinajstić information content (AvgIpc) is 2.39. The molecule has 0 aromatic rings. The SMILES string of the molecule is CCCC(=O)C(CC)[Se]P(=O)(OCC(C)(C)C)OCC(C)(C)C. The van der Waals surface area contributed by atoms with Crippen LogP contribution in [0.4, 0.5) is 0 Å². The minimum absolute atomic E-state index is 0.0913. The Hall–Kier alpha value is 0.339. The maximum atomic E-state index is 13.2. The zero-order valence-corrected chi connectivity index (χ0v) is 18.7. The fourth-order valence-corrected chi connectivity index (χ4v) is 8.75. The molecule has 0 aromatic carbocycles. The molecule has 4 nitrogen and oxygen atoms in total. The van der Waals surface area contributed by atoms with Gasteiger partial charge in [-0.15, -0.1) is 0 Å². The molecule has 0 aliphatic carbocycles. The molecule has 0 aliphatic heterocycles. The van der Waals surface area contributed by atoms with E-state index in [1.807, 2.05) is 55.4 Å². The van der Waals surface area contributed by atoms with Crippen LogP contribution in [0.1, 0.15) is 74.7 Å². The Kier molecular flexibility index (Phi) is 9.87. The van der Waals surface area contributed by atoms with Gasteiger partial charge in [-0.3, -0.25) is 0 Å². The molecule has 0 saturated carbocycles. The number of ketones is 1. The van der Waals surface area contributed by atoms with E-state index >= 15 is 0 Å². The van der Waals surface area contributed by atoms with Gasteiger partial charge in [-0.05, 0) is 0 Å². The van der Waals surface area contributed by atoms with Gasteiger partial charge in [-0.1, -0.05) is 0 Å². The topological polar surface area (TPSA) is 52.6 Å². The Bertz CT molecular complexity index is 388. The van der Waals surface area contributed by atoms with Crippen molar-refractivity contribution in [2.45, 2.75) is 79.5 Å². The Morgan fingerprint density at radius 2 is 1.43 bits per heavy atom. The Balaban J connectivity index is 5.08. The van der Waals surface area contributed by atoms with Gasteiger partial charge in [0.15, 0.2) is 0 Å². The monoisotopic (exact) mass is 414 g/mol. The Morgan fingerprint density at radius 3 is 1.74 bits per heavy atom. The van der Waals surface area contributed by atoms with Crippen molar-refractivity contribution in [1.82, 2.24) is 0 Å². The average molecular weight is 413 g/mol. The Morgan fingerprint density at radius 1 is 1.00 bits per heavy atom. The third-order valence-electron chi connectivity index (χ3n) is 2.79. The summed E-state index contributed by atoms with van der Waals surface area (Å²) in [5, 5.41) is 0. The van der Waals surface area contributed by atoms with E-state index in [4.69, 9.17) is 9.05 Å². The van der Waals surface area contributed by atoms with Crippen LogP contribution in [0.2, 0.25) is 4.82 Å². The van der Waals surface area contributed by atoms with E-state index in [0.29, 0.717) is 26.1 Å². The van der Waals surface area contributed by atoms with E-state index < -0.39 is 20.8 Å². The molecule has 0 radical (unpaired) electrons. The van der Waals surface area contributed by atoms with E-state index in [9.17, 15) is 9.36 Å². The van der Waals surface area contributed by atoms with Gasteiger partial charge >= 0.3 is 149 Å². The molecule has 0 N–H and O–H groups in total. The van der Waals surface area contributed by atoms with Crippen molar-refractivity contribution in [3.63, 3.8) is 0 Å². The van der Waals surface area contributed by atoms with Crippen LogP contribution in [0.5, 0.6) is 0 Å². The van der Waals surface area contributed by atoms with Crippen molar-refractivity contribution in [2.24, 2.45) is 10.8 Å². The third kappa shape index (κ3) is 11.5. The molecular weight excluding hydrogens is 378 g/mol. The Labute approximate surface area is 148 Å². The molecule has 0 fully saturated rings. The molecule has 0 aliphatic rings. The van der Waals surface area contributed by atoms with Crippen LogP contribution in [0.3, 0.4) is 0 Å². The summed E-state index contributed by atoms with van der Waals surface area (Å²) in [6.07, 6.45) is -1.16. The first kappa shape index (κ1) is 23.3. The second-order valence-corrected chi connectivity index (χ2v) is 15.3. The zero-order chi connectivity index (χ0) is 18.3. The van der Waals surface area contributed by atoms with Gasteiger partial charge in [-0.25, -0.2) is 0 Å². The molecule has 6 heteroatoms. The summed E-state index contributed by atoms with van der Waals surface area (Å²) in [6.45, 7) is 16.9. The van der Waals surface area contributed by atoms with Gasteiger partial charge in [-0.2, -0.15) is 0 Å². The summed E-state index contributed by atoms with van der Waals surface area (Å²) in [6, 6.07) is 0. The third-order valence-corrected chi connectivity index (χ3v) is 10.0. The zero-order valence-electron chi connectivity index (χ0n) is 16.1. The first-order chi connectivity index (χ1) is 10.3. The molecule has 0 spiro atoms. The number of carbonyl (C=O) groups is 1. The number of hydrogen-bond acceptors (Lipinski definition) is 4. The van der Waals surface area contributed by atoms with Crippen molar-refractivity contribution >= 4 is 26.6 Å². The summed E-state index contributed by atoms with van der Waals surface area (Å²) in [4.78, 5) is 12.1.